The fourth-order valence-corrected chi connectivity index (χ4v) is 12.7. The number of phenols is 4. The highest BCUT2D eigenvalue weighted by molar-refractivity contribution is 5.77. The second kappa shape index (κ2) is 25.7. The lowest BCUT2D eigenvalue weighted by atomic mass is 9.70. The van der Waals surface area contributed by atoms with Crippen molar-refractivity contribution in [1.29, 1.82) is 0 Å². The van der Waals surface area contributed by atoms with Crippen LogP contribution in [-0.2, 0) is 32.5 Å². The van der Waals surface area contributed by atoms with Crippen LogP contribution in [0.25, 0.3) is 50.2 Å². The third-order valence-corrected chi connectivity index (χ3v) is 19.4. The molecule has 3 aromatic heterocycles. The fraction of sp³-hybridized carbons (Fsp3) is 0.333. The van der Waals surface area contributed by atoms with Crippen LogP contribution in [0, 0.1) is 5.41 Å². The van der Waals surface area contributed by atoms with Crippen molar-refractivity contribution >= 4 is 33.1 Å². The summed E-state index contributed by atoms with van der Waals surface area (Å²) >= 11 is 0. The predicted octanol–water partition coefficient (Wildman–Crippen LogP) is 19.2. The van der Waals surface area contributed by atoms with Crippen LogP contribution < -0.4 is 0 Å². The van der Waals surface area contributed by atoms with Gasteiger partial charge in [0, 0.05) is 39.0 Å². The molecule has 9 aromatic carbocycles. The van der Waals surface area contributed by atoms with Gasteiger partial charge in [0.05, 0.1) is 0 Å². The number of phenolic OH excluding ortho intramolecular Hbond substituents is 4. The summed E-state index contributed by atoms with van der Waals surface area (Å²) < 4.78 is 0. The van der Waals surface area contributed by atoms with Crippen molar-refractivity contribution in [1.82, 2.24) is 45.0 Å². The number of fused-ring (bicyclic) bond motifs is 3. The summed E-state index contributed by atoms with van der Waals surface area (Å²) in [5.41, 5.74) is 14.4. The first-order chi connectivity index (χ1) is 44.2. The minimum absolute atomic E-state index is 0.00754. The average molecular weight is 1260 g/mol. The molecular weight excluding hydrogens is 1160 g/mol. The van der Waals surface area contributed by atoms with Crippen molar-refractivity contribution in [2.45, 2.75) is 169 Å². The predicted molar refractivity (Wildman–Crippen MR) is 383 cm³/mol. The number of aromatic nitrogens is 9. The summed E-state index contributed by atoms with van der Waals surface area (Å²) in [5.74, 6) is 0.762. The molecule has 0 spiro atoms. The molecule has 0 saturated heterocycles. The second-order valence-corrected chi connectivity index (χ2v) is 29.9. The maximum atomic E-state index is 11.6. The van der Waals surface area contributed by atoms with E-state index in [9.17, 15) is 20.4 Å². The monoisotopic (exact) mass is 1260 g/mol. The summed E-state index contributed by atoms with van der Waals surface area (Å²) in [6, 6.07) is 63.9. The Hall–Kier alpha value is -9.62. The van der Waals surface area contributed by atoms with Crippen molar-refractivity contribution in [3.05, 3.63) is 244 Å². The van der Waals surface area contributed by atoms with Crippen molar-refractivity contribution in [3.8, 4) is 40.1 Å². The Morgan fingerprint density at radius 3 is 0.979 bits per heavy atom. The topological polar surface area (TPSA) is 173 Å². The van der Waals surface area contributed by atoms with Crippen LogP contribution in [-0.4, -0.2) is 65.4 Å². The lowest BCUT2D eigenvalue weighted by molar-refractivity contribution is 0.283. The third kappa shape index (κ3) is 13.7. The lowest BCUT2D eigenvalue weighted by Crippen LogP contribution is -2.27. The number of rotatable bonds is 15. The molecule has 13 heteroatoms. The van der Waals surface area contributed by atoms with E-state index in [0.717, 1.165) is 80.3 Å². The normalized spacial score (nSPS) is 12.6. The Kier molecular flexibility index (Phi) is 18.4. The summed E-state index contributed by atoms with van der Waals surface area (Å²) in [6.45, 7) is 37.4. The van der Waals surface area contributed by atoms with E-state index < -0.39 is 10.8 Å². The van der Waals surface area contributed by atoms with Gasteiger partial charge in [0.1, 0.15) is 73.2 Å². The highest BCUT2D eigenvalue weighted by Gasteiger charge is 2.36. The van der Waals surface area contributed by atoms with Crippen molar-refractivity contribution in [2.75, 3.05) is 0 Å². The van der Waals surface area contributed by atoms with Gasteiger partial charge in [-0.3, -0.25) is 0 Å². The van der Waals surface area contributed by atoms with Crippen molar-refractivity contribution in [3.63, 3.8) is 0 Å². The fourth-order valence-electron chi connectivity index (χ4n) is 12.7. The molecule has 4 N–H and O–H groups in total. The smallest absolute Gasteiger partial charge is 0.147 e. The molecule has 94 heavy (non-hydrogen) atoms. The van der Waals surface area contributed by atoms with Gasteiger partial charge >= 0.3 is 0 Å². The van der Waals surface area contributed by atoms with Crippen LogP contribution in [0.1, 0.15) is 187 Å². The zero-order valence-electron chi connectivity index (χ0n) is 57.9. The summed E-state index contributed by atoms with van der Waals surface area (Å²) in [4.78, 5) is 4.63. The first kappa shape index (κ1) is 67.3. The zero-order valence-corrected chi connectivity index (χ0v) is 57.9. The van der Waals surface area contributed by atoms with Crippen LogP contribution in [0.15, 0.2) is 194 Å². The van der Waals surface area contributed by atoms with Crippen LogP contribution in [0.3, 0.4) is 0 Å². The first-order valence-electron chi connectivity index (χ1n) is 32.8. The van der Waals surface area contributed by atoms with Crippen LogP contribution >= 0.6 is 0 Å². The Balaban J connectivity index is 0.000000156. The van der Waals surface area contributed by atoms with Crippen molar-refractivity contribution in [2.24, 2.45) is 5.41 Å². The number of hydrogen-bond donors (Lipinski definition) is 4. The molecule has 0 bridgehead atoms. The molecule has 486 valence electrons. The number of hydrogen-bond acceptors (Lipinski definition) is 10. The van der Waals surface area contributed by atoms with Gasteiger partial charge in [0.15, 0.2) is 0 Å². The van der Waals surface area contributed by atoms with E-state index >= 15 is 0 Å². The molecule has 12 rings (SSSR count). The molecular formula is C81H93N9O4. The second-order valence-electron chi connectivity index (χ2n) is 29.9. The molecule has 0 aliphatic carbocycles. The van der Waals surface area contributed by atoms with Gasteiger partial charge in [-0.05, 0) is 129 Å². The standard InChI is InChI=1S/C30H29N3O.C29H35N3O2.C22H29N3O/c1-29(2,21-13-7-5-8-14-21)23-19-24(30(3,4)22-15-9-6-10-16-22)28(34)27(20-23)33-31-25-17-11-12-18-26(25)32-33;1-27(2,3)18-28(4,5)20-15-22(29(6,7)19-11-9-8-10-12-19)26(34)25(16-20)32-30-23-14-13-21(33)17-24(23)31-32;1-7-21(3,4)15-13-16(22(5,6)8-2)20(26)19(14-15)25-23-17-11-9-10-12-18(17)24-25/h5-20,34H,1-4H3;8-17,33-34H,18H2,1-7H3;9-14,26H,7-8H2,1-6H3. The molecule has 0 aliphatic heterocycles. The molecule has 0 unspecified atom stereocenters. The van der Waals surface area contributed by atoms with E-state index in [1.807, 2.05) is 109 Å². The van der Waals surface area contributed by atoms with Crippen LogP contribution in [0.5, 0.6) is 23.0 Å². The van der Waals surface area contributed by atoms with E-state index in [-0.39, 0.29) is 50.1 Å². The Bertz CT molecular complexity index is 4580. The maximum Gasteiger partial charge on any atom is 0.147 e. The summed E-state index contributed by atoms with van der Waals surface area (Å²) in [5, 5.41) is 71.9. The minimum Gasteiger partial charge on any atom is -0.508 e. The van der Waals surface area contributed by atoms with E-state index in [0.29, 0.717) is 28.1 Å². The maximum absolute atomic E-state index is 11.6. The molecule has 0 radical (unpaired) electrons. The molecule has 0 amide bonds. The Labute approximate surface area is 554 Å². The molecule has 12 aromatic rings. The van der Waals surface area contributed by atoms with Crippen molar-refractivity contribution < 1.29 is 20.4 Å². The molecule has 0 saturated carbocycles. The summed E-state index contributed by atoms with van der Waals surface area (Å²) in [6.07, 6.45) is 2.92. The SMILES string of the molecule is CC(C)(C)CC(C)(C)c1cc(-n2nc3ccc(O)cc3n2)c(O)c(C(C)(C)c2ccccc2)c1.CC(C)(c1ccccc1)c1cc(-n2nc3ccccc3n2)c(O)c(C(C)(C)c2ccccc2)c1.CCC(C)(C)c1cc(-n2nc3ccccc3n2)c(O)c(C(C)(C)CC)c1. The third-order valence-electron chi connectivity index (χ3n) is 19.4. The first-order valence-corrected chi connectivity index (χ1v) is 32.8. The van der Waals surface area contributed by atoms with E-state index in [1.165, 1.54) is 15.9 Å². The minimum atomic E-state index is -0.446. The quantitative estimate of drug-likeness (QED) is 0.0774. The number of nitrogens with zero attached hydrogens (tertiary/aromatic N) is 9. The van der Waals surface area contributed by atoms with Gasteiger partial charge in [-0.2, -0.15) is 0 Å². The average Bonchev–Trinajstić information content (AvgIpc) is 1.01. The highest BCUT2D eigenvalue weighted by Crippen LogP contribution is 2.47. The number of aromatic hydroxyl groups is 4. The zero-order chi connectivity index (χ0) is 67.9. The molecule has 0 atom stereocenters. The Morgan fingerprint density at radius 1 is 0.287 bits per heavy atom. The molecule has 3 heterocycles. The Morgan fingerprint density at radius 2 is 0.596 bits per heavy atom. The van der Waals surface area contributed by atoms with Gasteiger partial charge in [0.2, 0.25) is 0 Å². The van der Waals surface area contributed by atoms with Gasteiger partial charge in [0.25, 0.3) is 0 Å². The van der Waals surface area contributed by atoms with Gasteiger partial charge in [-0.25, -0.2) is 0 Å². The molecule has 13 nitrogen and oxygen atoms in total. The molecule has 0 fully saturated rings. The van der Waals surface area contributed by atoms with Crippen LogP contribution in [0.2, 0.25) is 0 Å². The number of benzene rings is 9. The lowest BCUT2D eigenvalue weighted by Gasteiger charge is -2.35. The van der Waals surface area contributed by atoms with Gasteiger partial charge in [-0.15, -0.1) is 45.0 Å². The van der Waals surface area contributed by atoms with Gasteiger partial charge in [-0.1, -0.05) is 251 Å². The largest absolute Gasteiger partial charge is 0.508 e. The van der Waals surface area contributed by atoms with E-state index in [2.05, 4.69) is 215 Å². The summed E-state index contributed by atoms with van der Waals surface area (Å²) in [7, 11) is 0. The van der Waals surface area contributed by atoms with E-state index in [4.69, 9.17) is 0 Å². The van der Waals surface area contributed by atoms with Gasteiger partial charge < -0.3 is 20.4 Å². The van der Waals surface area contributed by atoms with Crippen LogP contribution in [0.4, 0.5) is 0 Å². The highest BCUT2D eigenvalue weighted by atomic mass is 16.3. The molecule has 0 aliphatic rings. The van der Waals surface area contributed by atoms with E-state index in [1.54, 1.807) is 27.8 Å².